The zero-order valence-corrected chi connectivity index (χ0v) is 21.2. The largest absolute Gasteiger partial charge is 0.507 e. The Kier molecular flexibility index (Phi) is 6.36. The lowest BCUT2D eigenvalue weighted by Gasteiger charge is -2.27. The van der Waals surface area contributed by atoms with E-state index in [-0.39, 0.29) is 11.3 Å². The van der Waals surface area contributed by atoms with Gasteiger partial charge in [-0.2, -0.15) is 0 Å². The molecule has 1 aliphatic rings. The van der Waals surface area contributed by atoms with Gasteiger partial charge < -0.3 is 14.6 Å². The summed E-state index contributed by atoms with van der Waals surface area (Å²) in [5.74, 6) is -0.872. The monoisotopic (exact) mass is 513 g/mol. The summed E-state index contributed by atoms with van der Waals surface area (Å²) in [6, 6.07) is 22.4. The fraction of sp³-hybridized carbons (Fsp3) is 0.133. The minimum Gasteiger partial charge on any atom is -0.507 e. The van der Waals surface area contributed by atoms with Crippen LogP contribution in [0.25, 0.3) is 16.5 Å². The van der Waals surface area contributed by atoms with Crippen molar-refractivity contribution in [1.29, 1.82) is 0 Å². The third kappa shape index (κ3) is 4.09. The van der Waals surface area contributed by atoms with Gasteiger partial charge >= 0.3 is 0 Å². The van der Waals surface area contributed by atoms with Gasteiger partial charge in [0, 0.05) is 16.3 Å². The zero-order chi connectivity index (χ0) is 26.3. The van der Waals surface area contributed by atoms with Crippen molar-refractivity contribution in [2.24, 2.45) is 0 Å². The summed E-state index contributed by atoms with van der Waals surface area (Å²) in [4.78, 5) is 28.6. The molecule has 0 bridgehead atoms. The van der Waals surface area contributed by atoms with Gasteiger partial charge in [-0.3, -0.25) is 14.5 Å². The van der Waals surface area contributed by atoms with Crippen molar-refractivity contribution in [2.45, 2.75) is 13.0 Å². The number of fused-ring (bicyclic) bond motifs is 1. The number of aliphatic hydroxyl groups excluding tert-OH is 1. The molecule has 0 radical (unpaired) electrons. The summed E-state index contributed by atoms with van der Waals surface area (Å²) in [5, 5.41) is 13.7. The van der Waals surface area contributed by atoms with Gasteiger partial charge in [-0.25, -0.2) is 0 Å². The van der Waals surface area contributed by atoms with Crippen molar-refractivity contribution in [1.82, 2.24) is 0 Å². The molecule has 1 amide bonds. The third-order valence-corrected chi connectivity index (χ3v) is 6.88. The molecule has 1 saturated heterocycles. The predicted octanol–water partition coefficient (Wildman–Crippen LogP) is 6.45. The molecule has 1 fully saturated rings. The second-order valence-corrected chi connectivity index (χ2v) is 9.18. The summed E-state index contributed by atoms with van der Waals surface area (Å²) in [6.45, 7) is 1.83. The molecule has 1 heterocycles. The van der Waals surface area contributed by atoms with E-state index in [2.05, 4.69) is 0 Å². The summed E-state index contributed by atoms with van der Waals surface area (Å²) in [6.07, 6.45) is 0. The number of rotatable bonds is 5. The Morgan fingerprint density at radius 2 is 1.62 bits per heavy atom. The number of anilines is 1. The molecular weight excluding hydrogens is 490 g/mol. The minimum absolute atomic E-state index is 0.0204. The van der Waals surface area contributed by atoms with E-state index in [0.29, 0.717) is 33.3 Å². The van der Waals surface area contributed by atoms with Crippen LogP contribution in [0.4, 0.5) is 5.69 Å². The minimum atomic E-state index is -0.934. The Hall–Kier alpha value is -4.29. The molecule has 1 N–H and O–H groups in total. The van der Waals surface area contributed by atoms with E-state index in [1.165, 1.54) is 19.1 Å². The lowest BCUT2D eigenvalue weighted by molar-refractivity contribution is -0.132. The van der Waals surface area contributed by atoms with E-state index in [0.717, 1.165) is 16.3 Å². The number of carbonyl (C=O) groups is 2. The average molecular weight is 514 g/mol. The van der Waals surface area contributed by atoms with E-state index in [4.69, 9.17) is 21.1 Å². The van der Waals surface area contributed by atoms with Gasteiger partial charge in [0.15, 0.2) is 11.5 Å². The SMILES string of the molecule is COc1ccc(C2/C(=C(\O)c3cccc4ccccc34)C(=O)C(=O)N2c2cc(Cl)ccc2C)cc1OC. The van der Waals surface area contributed by atoms with Gasteiger partial charge in [-0.05, 0) is 53.1 Å². The number of methoxy groups -OCH3 is 2. The van der Waals surface area contributed by atoms with E-state index < -0.39 is 17.7 Å². The molecule has 37 heavy (non-hydrogen) atoms. The molecule has 0 aromatic heterocycles. The van der Waals surface area contributed by atoms with Crippen LogP contribution in [0.15, 0.2) is 84.4 Å². The Labute approximate surface area is 219 Å². The van der Waals surface area contributed by atoms with Gasteiger partial charge in [0.2, 0.25) is 0 Å². The number of hydrogen-bond donors (Lipinski definition) is 1. The smallest absolute Gasteiger partial charge is 0.300 e. The fourth-order valence-corrected chi connectivity index (χ4v) is 5.00. The normalized spacial score (nSPS) is 16.9. The lowest BCUT2D eigenvalue weighted by Crippen LogP contribution is -2.30. The summed E-state index contributed by atoms with van der Waals surface area (Å²) < 4.78 is 10.9. The number of ether oxygens (including phenoxy) is 2. The van der Waals surface area contributed by atoms with Crippen LogP contribution in [0.3, 0.4) is 0 Å². The molecule has 186 valence electrons. The topological polar surface area (TPSA) is 76.1 Å². The molecule has 7 heteroatoms. The molecule has 0 aliphatic carbocycles. The van der Waals surface area contributed by atoms with Crippen LogP contribution >= 0.6 is 11.6 Å². The van der Waals surface area contributed by atoms with Crippen molar-refractivity contribution in [3.05, 3.63) is 106 Å². The number of aliphatic hydroxyl groups is 1. The second kappa shape index (κ2) is 9.64. The van der Waals surface area contributed by atoms with Crippen LogP contribution in [0.1, 0.15) is 22.7 Å². The van der Waals surface area contributed by atoms with E-state index >= 15 is 0 Å². The number of halogens is 1. The summed E-state index contributed by atoms with van der Waals surface area (Å²) in [5.41, 5.74) is 2.24. The number of nitrogens with zero attached hydrogens (tertiary/aromatic N) is 1. The van der Waals surface area contributed by atoms with Crippen molar-refractivity contribution >= 4 is 45.5 Å². The quantitative estimate of drug-likeness (QED) is 0.189. The first-order valence-electron chi connectivity index (χ1n) is 11.6. The van der Waals surface area contributed by atoms with Crippen LogP contribution in [0.5, 0.6) is 11.5 Å². The van der Waals surface area contributed by atoms with Gasteiger partial charge in [0.1, 0.15) is 5.76 Å². The van der Waals surface area contributed by atoms with Crippen molar-refractivity contribution < 1.29 is 24.2 Å². The van der Waals surface area contributed by atoms with Gasteiger partial charge in [-0.1, -0.05) is 66.2 Å². The van der Waals surface area contributed by atoms with Crippen LogP contribution in [-0.2, 0) is 9.59 Å². The number of aryl methyl sites for hydroxylation is 1. The van der Waals surface area contributed by atoms with Crippen LogP contribution in [-0.4, -0.2) is 31.0 Å². The molecule has 1 aliphatic heterocycles. The van der Waals surface area contributed by atoms with Crippen molar-refractivity contribution in [2.75, 3.05) is 19.1 Å². The maximum absolute atomic E-state index is 13.6. The first kappa shape index (κ1) is 24.4. The summed E-state index contributed by atoms with van der Waals surface area (Å²) >= 11 is 6.30. The first-order valence-corrected chi connectivity index (χ1v) is 12.0. The molecule has 0 spiro atoms. The molecule has 4 aromatic carbocycles. The maximum Gasteiger partial charge on any atom is 0.300 e. The maximum atomic E-state index is 13.6. The van der Waals surface area contributed by atoms with E-state index in [1.54, 1.807) is 48.5 Å². The van der Waals surface area contributed by atoms with Crippen LogP contribution < -0.4 is 14.4 Å². The fourth-order valence-electron chi connectivity index (χ4n) is 4.84. The van der Waals surface area contributed by atoms with Gasteiger partial charge in [0.25, 0.3) is 11.7 Å². The van der Waals surface area contributed by atoms with Crippen LogP contribution in [0, 0.1) is 6.92 Å². The molecule has 1 atom stereocenters. The number of benzene rings is 4. The van der Waals surface area contributed by atoms with Crippen molar-refractivity contribution in [3.8, 4) is 11.5 Å². The van der Waals surface area contributed by atoms with E-state index in [9.17, 15) is 14.7 Å². The summed E-state index contributed by atoms with van der Waals surface area (Å²) in [7, 11) is 3.04. The highest BCUT2D eigenvalue weighted by molar-refractivity contribution is 6.52. The zero-order valence-electron chi connectivity index (χ0n) is 20.5. The average Bonchev–Trinajstić information content (AvgIpc) is 3.18. The number of hydrogen-bond acceptors (Lipinski definition) is 5. The van der Waals surface area contributed by atoms with E-state index in [1.807, 2.05) is 37.3 Å². The van der Waals surface area contributed by atoms with Gasteiger partial charge in [-0.15, -0.1) is 0 Å². The number of amides is 1. The Bertz CT molecular complexity index is 1590. The second-order valence-electron chi connectivity index (χ2n) is 8.74. The molecule has 1 unspecified atom stereocenters. The Balaban J connectivity index is 1.81. The lowest BCUT2D eigenvalue weighted by atomic mass is 9.93. The standard InChI is InChI=1S/C30H24ClNO5/c1-17-11-13-20(31)16-23(17)32-27(19-12-14-24(36-2)25(15-19)37-3)26(29(34)30(32)35)28(33)22-10-6-8-18-7-4-5-9-21(18)22/h4-16,27,33H,1-3H3/b28-26+. The number of ketones is 1. The number of carbonyl (C=O) groups excluding carboxylic acids is 2. The van der Waals surface area contributed by atoms with Crippen molar-refractivity contribution in [3.63, 3.8) is 0 Å². The first-order chi connectivity index (χ1) is 17.8. The molecule has 5 rings (SSSR count). The number of Topliss-reactive ketones (excluding diaryl/α,β-unsaturated/α-hetero) is 1. The highest BCUT2D eigenvalue weighted by Crippen LogP contribution is 2.45. The molecular formula is C30H24ClNO5. The van der Waals surface area contributed by atoms with Crippen LogP contribution in [0.2, 0.25) is 5.02 Å². The highest BCUT2D eigenvalue weighted by atomic mass is 35.5. The molecule has 6 nitrogen and oxygen atoms in total. The predicted molar refractivity (Wildman–Crippen MR) is 144 cm³/mol. The molecule has 4 aromatic rings. The van der Waals surface area contributed by atoms with Gasteiger partial charge in [0.05, 0.1) is 25.8 Å². The Morgan fingerprint density at radius 3 is 2.38 bits per heavy atom. The third-order valence-electron chi connectivity index (χ3n) is 6.64. The highest BCUT2D eigenvalue weighted by Gasteiger charge is 2.47. The molecule has 0 saturated carbocycles. The Morgan fingerprint density at radius 1 is 0.892 bits per heavy atom.